The molecule has 0 aliphatic carbocycles. The van der Waals surface area contributed by atoms with Crippen LogP contribution in [0.3, 0.4) is 0 Å². The largest absolute Gasteiger partial charge is 0.351 e. The minimum absolute atomic E-state index is 0.0988. The second-order valence-corrected chi connectivity index (χ2v) is 3.63. The van der Waals surface area contributed by atoms with Crippen LogP contribution in [0.25, 0.3) is 0 Å². The molecule has 0 aromatic heterocycles. The Balaban J connectivity index is 2.44. The van der Waals surface area contributed by atoms with Crippen molar-refractivity contribution in [3.8, 4) is 0 Å². The number of hydrogen-bond donors (Lipinski definition) is 1. The molecule has 0 spiro atoms. The van der Waals surface area contributed by atoms with Crippen molar-refractivity contribution in [2.75, 3.05) is 26.7 Å². The third-order valence-electron chi connectivity index (χ3n) is 2.44. The van der Waals surface area contributed by atoms with Crippen molar-refractivity contribution in [1.82, 2.24) is 10.2 Å². The lowest BCUT2D eigenvalue weighted by Crippen LogP contribution is -2.33. The molecule has 0 radical (unpaired) electrons. The lowest BCUT2D eigenvalue weighted by molar-refractivity contribution is 0.0946. The fourth-order valence-electron chi connectivity index (χ4n) is 1.26. The molecule has 0 heterocycles. The average Bonchev–Trinajstić information content (AvgIpc) is 2.29. The van der Waals surface area contributed by atoms with E-state index in [2.05, 4.69) is 10.2 Å². The van der Waals surface area contributed by atoms with Crippen molar-refractivity contribution in [3.05, 3.63) is 35.6 Å². The van der Waals surface area contributed by atoms with Crippen LogP contribution >= 0.6 is 0 Å². The summed E-state index contributed by atoms with van der Waals surface area (Å²) in [5.74, 6) is -0.841. The molecule has 0 atom stereocenters. The van der Waals surface area contributed by atoms with E-state index in [0.29, 0.717) is 6.54 Å². The molecule has 1 rings (SSSR count). The second-order valence-electron chi connectivity index (χ2n) is 3.63. The maximum Gasteiger partial charge on any atom is 0.254 e. The lowest BCUT2D eigenvalue weighted by Gasteiger charge is -2.14. The highest BCUT2D eigenvalue weighted by Crippen LogP contribution is 2.05. The highest BCUT2D eigenvalue weighted by atomic mass is 19.1. The molecule has 0 saturated carbocycles. The number of benzene rings is 1. The van der Waals surface area contributed by atoms with Crippen molar-refractivity contribution in [1.29, 1.82) is 0 Å². The number of likely N-dealkylation sites (N-methyl/N-ethyl adjacent to an activating group) is 1. The number of rotatable bonds is 5. The van der Waals surface area contributed by atoms with E-state index in [1.165, 1.54) is 12.1 Å². The predicted molar refractivity (Wildman–Crippen MR) is 61.9 cm³/mol. The van der Waals surface area contributed by atoms with E-state index < -0.39 is 5.82 Å². The summed E-state index contributed by atoms with van der Waals surface area (Å²) < 4.78 is 13.2. The first-order valence-corrected chi connectivity index (χ1v) is 5.36. The molecule has 0 bridgehead atoms. The quantitative estimate of drug-likeness (QED) is 0.822. The molecule has 1 aromatic rings. The van der Waals surface area contributed by atoms with Crippen LogP contribution in [-0.2, 0) is 0 Å². The number of nitrogens with zero attached hydrogens (tertiary/aromatic N) is 1. The molecule has 0 aliphatic heterocycles. The number of hydrogen-bond acceptors (Lipinski definition) is 2. The predicted octanol–water partition coefficient (Wildman–Crippen LogP) is 1.51. The minimum Gasteiger partial charge on any atom is -0.351 e. The Morgan fingerprint density at radius 1 is 1.44 bits per heavy atom. The highest BCUT2D eigenvalue weighted by molar-refractivity contribution is 5.94. The summed E-state index contributed by atoms with van der Waals surface area (Å²) in [6, 6.07) is 5.98. The Morgan fingerprint density at radius 2 is 2.12 bits per heavy atom. The van der Waals surface area contributed by atoms with Gasteiger partial charge < -0.3 is 10.2 Å². The highest BCUT2D eigenvalue weighted by Gasteiger charge is 2.09. The van der Waals surface area contributed by atoms with Crippen LogP contribution < -0.4 is 5.32 Å². The molecular formula is C12H17FN2O. The SMILES string of the molecule is CCN(C)CCNC(=O)c1ccccc1F. The standard InChI is InChI=1S/C12H17FN2O/c1-3-15(2)9-8-14-12(16)10-6-4-5-7-11(10)13/h4-7H,3,8-9H2,1-2H3,(H,14,16). The lowest BCUT2D eigenvalue weighted by atomic mass is 10.2. The Kier molecular flexibility index (Phi) is 4.92. The average molecular weight is 224 g/mol. The summed E-state index contributed by atoms with van der Waals surface area (Å²) in [6.07, 6.45) is 0. The van der Waals surface area contributed by atoms with Crippen molar-refractivity contribution in [3.63, 3.8) is 0 Å². The zero-order valence-electron chi connectivity index (χ0n) is 9.66. The Hall–Kier alpha value is -1.42. The third kappa shape index (κ3) is 3.62. The molecule has 0 unspecified atom stereocenters. The topological polar surface area (TPSA) is 32.3 Å². The van der Waals surface area contributed by atoms with E-state index in [-0.39, 0.29) is 11.5 Å². The molecule has 16 heavy (non-hydrogen) atoms. The molecule has 88 valence electrons. The van der Waals surface area contributed by atoms with Gasteiger partial charge in [-0.3, -0.25) is 4.79 Å². The summed E-state index contributed by atoms with van der Waals surface area (Å²) >= 11 is 0. The molecule has 4 heteroatoms. The molecule has 0 aliphatic rings. The Labute approximate surface area is 95.3 Å². The van der Waals surface area contributed by atoms with Gasteiger partial charge in [-0.2, -0.15) is 0 Å². The number of nitrogens with one attached hydrogen (secondary N) is 1. The molecule has 1 aromatic carbocycles. The van der Waals surface area contributed by atoms with Crippen LogP contribution in [0.4, 0.5) is 4.39 Å². The van der Waals surface area contributed by atoms with E-state index in [0.717, 1.165) is 13.1 Å². The van der Waals surface area contributed by atoms with E-state index in [4.69, 9.17) is 0 Å². The summed E-state index contributed by atoms with van der Waals surface area (Å²) in [7, 11) is 1.97. The van der Waals surface area contributed by atoms with Gasteiger partial charge in [-0.15, -0.1) is 0 Å². The van der Waals surface area contributed by atoms with Crippen molar-refractivity contribution in [2.45, 2.75) is 6.92 Å². The number of amides is 1. The normalized spacial score (nSPS) is 10.5. The van der Waals surface area contributed by atoms with Gasteiger partial charge in [-0.1, -0.05) is 19.1 Å². The zero-order chi connectivity index (χ0) is 12.0. The van der Waals surface area contributed by atoms with E-state index in [1.807, 2.05) is 14.0 Å². The van der Waals surface area contributed by atoms with Crippen LogP contribution in [0.2, 0.25) is 0 Å². The van der Waals surface area contributed by atoms with E-state index in [9.17, 15) is 9.18 Å². The first-order chi connectivity index (χ1) is 7.65. The van der Waals surface area contributed by atoms with Gasteiger partial charge in [0.25, 0.3) is 5.91 Å². The summed E-state index contributed by atoms with van der Waals surface area (Å²) in [5, 5.41) is 2.68. The fraction of sp³-hybridized carbons (Fsp3) is 0.417. The van der Waals surface area contributed by atoms with Crippen LogP contribution in [0.15, 0.2) is 24.3 Å². The zero-order valence-corrected chi connectivity index (χ0v) is 9.66. The van der Waals surface area contributed by atoms with E-state index in [1.54, 1.807) is 12.1 Å². The van der Waals surface area contributed by atoms with Gasteiger partial charge in [-0.05, 0) is 25.7 Å². The van der Waals surface area contributed by atoms with Gasteiger partial charge in [0.15, 0.2) is 0 Å². The Morgan fingerprint density at radius 3 is 2.75 bits per heavy atom. The summed E-state index contributed by atoms with van der Waals surface area (Å²) in [6.45, 7) is 4.25. The van der Waals surface area contributed by atoms with Crippen molar-refractivity contribution in [2.24, 2.45) is 0 Å². The van der Waals surface area contributed by atoms with Crippen molar-refractivity contribution >= 4 is 5.91 Å². The maximum absolute atomic E-state index is 13.2. The van der Waals surface area contributed by atoms with Gasteiger partial charge in [0.1, 0.15) is 5.82 Å². The summed E-state index contributed by atoms with van der Waals surface area (Å²) in [5.41, 5.74) is 0.0988. The smallest absolute Gasteiger partial charge is 0.254 e. The van der Waals surface area contributed by atoms with Crippen LogP contribution in [0, 0.1) is 5.82 Å². The van der Waals surface area contributed by atoms with Crippen LogP contribution in [0.5, 0.6) is 0 Å². The monoisotopic (exact) mass is 224 g/mol. The number of carbonyl (C=O) groups is 1. The van der Waals surface area contributed by atoms with Crippen LogP contribution in [0.1, 0.15) is 17.3 Å². The van der Waals surface area contributed by atoms with Crippen LogP contribution in [-0.4, -0.2) is 37.5 Å². The molecule has 1 N–H and O–H groups in total. The molecular weight excluding hydrogens is 207 g/mol. The van der Waals surface area contributed by atoms with Gasteiger partial charge in [0.2, 0.25) is 0 Å². The van der Waals surface area contributed by atoms with Crippen molar-refractivity contribution < 1.29 is 9.18 Å². The maximum atomic E-state index is 13.2. The molecule has 3 nitrogen and oxygen atoms in total. The number of carbonyl (C=O) groups excluding carboxylic acids is 1. The fourth-order valence-corrected chi connectivity index (χ4v) is 1.26. The van der Waals surface area contributed by atoms with Gasteiger partial charge in [-0.25, -0.2) is 4.39 Å². The molecule has 1 amide bonds. The Bertz CT molecular complexity index is 355. The first-order valence-electron chi connectivity index (χ1n) is 5.36. The first kappa shape index (κ1) is 12.6. The van der Waals surface area contributed by atoms with Gasteiger partial charge in [0.05, 0.1) is 5.56 Å². The van der Waals surface area contributed by atoms with Gasteiger partial charge >= 0.3 is 0 Å². The third-order valence-corrected chi connectivity index (χ3v) is 2.44. The summed E-state index contributed by atoms with van der Waals surface area (Å²) in [4.78, 5) is 13.6. The second kappa shape index (κ2) is 6.23. The van der Waals surface area contributed by atoms with Gasteiger partial charge in [0, 0.05) is 13.1 Å². The number of halogens is 1. The molecule has 0 fully saturated rings. The molecule has 0 saturated heterocycles. The minimum atomic E-state index is -0.483. The van der Waals surface area contributed by atoms with E-state index >= 15 is 0 Å².